The van der Waals surface area contributed by atoms with Crippen LogP contribution in [0.25, 0.3) is 11.4 Å². The molecule has 0 atom stereocenters. The standard InChI is InChI=1S/C16H15N5OS/c22-15(10-14-2-1-9-23-14)17-12-5-3-11(4-6-12)16-18-19-20-21(16)13-7-8-13/h1-6,9,13H,7-8,10H2,(H,17,22). The molecule has 0 bridgehead atoms. The summed E-state index contributed by atoms with van der Waals surface area (Å²) in [6.07, 6.45) is 2.67. The van der Waals surface area contributed by atoms with E-state index in [2.05, 4.69) is 20.8 Å². The first kappa shape index (κ1) is 14.1. The Hall–Kier alpha value is -2.54. The van der Waals surface area contributed by atoms with Gasteiger partial charge >= 0.3 is 0 Å². The van der Waals surface area contributed by atoms with Gasteiger partial charge in [-0.25, -0.2) is 4.68 Å². The van der Waals surface area contributed by atoms with Gasteiger partial charge in [-0.3, -0.25) is 4.79 Å². The molecular formula is C16H15N5OS. The molecule has 1 aliphatic rings. The molecule has 0 radical (unpaired) electrons. The van der Waals surface area contributed by atoms with Crippen molar-refractivity contribution in [3.63, 3.8) is 0 Å². The molecule has 1 aliphatic carbocycles. The number of hydrogen-bond acceptors (Lipinski definition) is 5. The number of aromatic nitrogens is 4. The van der Waals surface area contributed by atoms with Crippen LogP contribution in [0.4, 0.5) is 5.69 Å². The number of amides is 1. The van der Waals surface area contributed by atoms with Crippen molar-refractivity contribution in [3.8, 4) is 11.4 Å². The first-order valence-electron chi connectivity index (χ1n) is 7.50. The zero-order valence-corrected chi connectivity index (χ0v) is 13.2. The van der Waals surface area contributed by atoms with Crippen molar-refractivity contribution < 1.29 is 4.79 Å². The van der Waals surface area contributed by atoms with Crippen molar-refractivity contribution in [2.75, 3.05) is 5.32 Å². The van der Waals surface area contributed by atoms with Crippen molar-refractivity contribution in [2.24, 2.45) is 0 Å². The third-order valence-corrected chi connectivity index (χ3v) is 4.60. The Morgan fingerprint density at radius 1 is 1.26 bits per heavy atom. The van der Waals surface area contributed by atoms with Gasteiger partial charge in [0.1, 0.15) is 0 Å². The highest BCUT2D eigenvalue weighted by Gasteiger charge is 2.28. The average molecular weight is 325 g/mol. The van der Waals surface area contributed by atoms with Crippen LogP contribution in [0.5, 0.6) is 0 Å². The van der Waals surface area contributed by atoms with E-state index >= 15 is 0 Å². The summed E-state index contributed by atoms with van der Waals surface area (Å²) in [6.45, 7) is 0. The Bertz CT molecular complexity index is 805. The van der Waals surface area contributed by atoms with Crippen molar-refractivity contribution in [1.29, 1.82) is 0 Å². The molecule has 0 aliphatic heterocycles. The maximum absolute atomic E-state index is 12.0. The van der Waals surface area contributed by atoms with Crippen LogP contribution >= 0.6 is 11.3 Å². The minimum atomic E-state index is -0.0111. The van der Waals surface area contributed by atoms with E-state index in [1.807, 2.05) is 46.5 Å². The lowest BCUT2D eigenvalue weighted by Gasteiger charge is -2.06. The summed E-state index contributed by atoms with van der Waals surface area (Å²) in [7, 11) is 0. The van der Waals surface area contributed by atoms with Crippen LogP contribution in [0.2, 0.25) is 0 Å². The summed E-state index contributed by atoms with van der Waals surface area (Å²) in [4.78, 5) is 13.1. The summed E-state index contributed by atoms with van der Waals surface area (Å²) in [5.41, 5.74) is 1.74. The lowest BCUT2D eigenvalue weighted by atomic mass is 10.2. The van der Waals surface area contributed by atoms with Crippen LogP contribution in [-0.2, 0) is 11.2 Å². The molecule has 1 amide bonds. The van der Waals surface area contributed by atoms with Gasteiger partial charge in [0.05, 0.1) is 12.5 Å². The number of hydrogen-bond donors (Lipinski definition) is 1. The van der Waals surface area contributed by atoms with Crippen LogP contribution in [0.1, 0.15) is 23.8 Å². The van der Waals surface area contributed by atoms with E-state index in [0.29, 0.717) is 12.5 Å². The number of nitrogens with one attached hydrogen (secondary N) is 1. The number of carbonyl (C=O) groups excluding carboxylic acids is 1. The van der Waals surface area contributed by atoms with Crippen molar-refractivity contribution in [2.45, 2.75) is 25.3 Å². The van der Waals surface area contributed by atoms with Gasteiger partial charge in [-0.1, -0.05) is 6.07 Å². The molecule has 116 valence electrons. The molecule has 2 aromatic heterocycles. The van der Waals surface area contributed by atoms with Crippen LogP contribution in [0.3, 0.4) is 0 Å². The molecule has 1 N–H and O–H groups in total. The van der Waals surface area contributed by atoms with Gasteiger partial charge in [0.2, 0.25) is 5.91 Å². The molecule has 0 saturated heterocycles. The highest BCUT2D eigenvalue weighted by Crippen LogP contribution is 2.36. The predicted octanol–water partition coefficient (Wildman–Crippen LogP) is 2.92. The van der Waals surface area contributed by atoms with Gasteiger partial charge in [0.15, 0.2) is 5.82 Å². The van der Waals surface area contributed by atoms with Crippen molar-refractivity contribution in [1.82, 2.24) is 20.2 Å². The van der Waals surface area contributed by atoms with E-state index in [1.54, 1.807) is 11.3 Å². The number of benzene rings is 1. The minimum Gasteiger partial charge on any atom is -0.326 e. The molecule has 0 spiro atoms. The highest BCUT2D eigenvalue weighted by molar-refractivity contribution is 7.10. The number of carbonyl (C=O) groups is 1. The quantitative estimate of drug-likeness (QED) is 0.783. The normalized spacial score (nSPS) is 13.9. The smallest absolute Gasteiger partial charge is 0.229 e. The van der Waals surface area contributed by atoms with Crippen LogP contribution in [0.15, 0.2) is 41.8 Å². The third kappa shape index (κ3) is 3.14. The Morgan fingerprint density at radius 2 is 2.09 bits per heavy atom. The maximum Gasteiger partial charge on any atom is 0.229 e. The Morgan fingerprint density at radius 3 is 2.78 bits per heavy atom. The zero-order valence-electron chi connectivity index (χ0n) is 12.3. The first-order valence-corrected chi connectivity index (χ1v) is 8.38. The van der Waals surface area contributed by atoms with Crippen molar-refractivity contribution in [3.05, 3.63) is 46.7 Å². The fourth-order valence-electron chi connectivity index (χ4n) is 2.43. The van der Waals surface area contributed by atoms with E-state index in [4.69, 9.17) is 0 Å². The fraction of sp³-hybridized carbons (Fsp3) is 0.250. The molecule has 2 heterocycles. The summed E-state index contributed by atoms with van der Waals surface area (Å²) >= 11 is 1.59. The van der Waals surface area contributed by atoms with Gasteiger partial charge in [-0.05, 0) is 59.0 Å². The largest absolute Gasteiger partial charge is 0.326 e. The average Bonchev–Trinajstić information content (AvgIpc) is 3.07. The molecule has 1 fully saturated rings. The van der Waals surface area contributed by atoms with Crippen LogP contribution < -0.4 is 5.32 Å². The van der Waals surface area contributed by atoms with Gasteiger partial charge < -0.3 is 5.32 Å². The van der Waals surface area contributed by atoms with Crippen LogP contribution in [-0.4, -0.2) is 26.1 Å². The summed E-state index contributed by atoms with van der Waals surface area (Å²) in [6, 6.07) is 12.0. The Balaban J connectivity index is 1.45. The number of anilines is 1. The highest BCUT2D eigenvalue weighted by atomic mass is 32.1. The van der Waals surface area contributed by atoms with E-state index < -0.39 is 0 Å². The number of thiophene rings is 1. The lowest BCUT2D eigenvalue weighted by Crippen LogP contribution is -2.13. The number of rotatable bonds is 5. The molecular weight excluding hydrogens is 310 g/mol. The summed E-state index contributed by atoms with van der Waals surface area (Å²) in [5, 5.41) is 16.8. The summed E-state index contributed by atoms with van der Waals surface area (Å²) < 4.78 is 1.88. The lowest BCUT2D eigenvalue weighted by molar-refractivity contribution is -0.115. The van der Waals surface area contributed by atoms with E-state index in [0.717, 1.165) is 34.8 Å². The Kier molecular flexibility index (Phi) is 3.63. The molecule has 0 unspecified atom stereocenters. The number of nitrogens with zero attached hydrogens (tertiary/aromatic N) is 4. The topological polar surface area (TPSA) is 72.7 Å². The van der Waals surface area contributed by atoms with Gasteiger partial charge in [-0.2, -0.15) is 0 Å². The Labute approximate surface area is 137 Å². The molecule has 1 saturated carbocycles. The maximum atomic E-state index is 12.0. The van der Waals surface area contributed by atoms with E-state index in [1.165, 1.54) is 0 Å². The third-order valence-electron chi connectivity index (χ3n) is 3.73. The van der Waals surface area contributed by atoms with Gasteiger partial charge in [-0.15, -0.1) is 16.4 Å². The van der Waals surface area contributed by atoms with Gasteiger partial charge in [0.25, 0.3) is 0 Å². The predicted molar refractivity (Wildman–Crippen MR) is 88.2 cm³/mol. The van der Waals surface area contributed by atoms with Gasteiger partial charge in [0, 0.05) is 16.1 Å². The molecule has 23 heavy (non-hydrogen) atoms. The molecule has 4 rings (SSSR count). The second-order valence-electron chi connectivity index (χ2n) is 5.56. The minimum absolute atomic E-state index is 0.0111. The monoisotopic (exact) mass is 325 g/mol. The zero-order chi connectivity index (χ0) is 15.6. The fourth-order valence-corrected chi connectivity index (χ4v) is 3.13. The number of tetrazole rings is 1. The molecule has 1 aromatic carbocycles. The second kappa shape index (κ2) is 5.92. The summed E-state index contributed by atoms with van der Waals surface area (Å²) in [5.74, 6) is 0.770. The molecule has 3 aromatic rings. The molecule has 6 nitrogen and oxygen atoms in total. The van der Waals surface area contributed by atoms with Crippen molar-refractivity contribution >= 4 is 22.9 Å². The second-order valence-corrected chi connectivity index (χ2v) is 6.59. The SMILES string of the molecule is O=C(Cc1cccs1)Nc1ccc(-c2nnnn2C2CC2)cc1. The van der Waals surface area contributed by atoms with Crippen LogP contribution in [0, 0.1) is 0 Å². The van der Waals surface area contributed by atoms with E-state index in [-0.39, 0.29) is 5.91 Å². The van der Waals surface area contributed by atoms with E-state index in [9.17, 15) is 4.79 Å². The molecule has 7 heteroatoms. The first-order chi connectivity index (χ1) is 11.3.